The first-order valence-electron chi connectivity index (χ1n) is 8.33. The van der Waals surface area contributed by atoms with Crippen molar-refractivity contribution in [2.24, 2.45) is 0 Å². The molecule has 0 radical (unpaired) electrons. The molecule has 0 spiro atoms. The molecular formula is C20H18N2O3S2. The molecule has 0 saturated carbocycles. The summed E-state index contributed by atoms with van der Waals surface area (Å²) in [7, 11) is 0. The smallest absolute Gasteiger partial charge is 0.266 e. The lowest BCUT2D eigenvalue weighted by Gasteiger charge is -2.22. The van der Waals surface area contributed by atoms with E-state index in [0.717, 1.165) is 17.3 Å². The van der Waals surface area contributed by atoms with Crippen LogP contribution in [0.1, 0.15) is 18.1 Å². The van der Waals surface area contributed by atoms with Gasteiger partial charge in [-0.2, -0.15) is 0 Å². The summed E-state index contributed by atoms with van der Waals surface area (Å²) in [6, 6.07) is 15.4. The minimum absolute atomic E-state index is 0.118. The molecule has 1 aliphatic rings. The molecule has 2 aromatic carbocycles. The number of amides is 2. The van der Waals surface area contributed by atoms with E-state index in [1.807, 2.05) is 30.3 Å². The van der Waals surface area contributed by atoms with E-state index in [2.05, 4.69) is 5.32 Å². The Morgan fingerprint density at radius 2 is 2.00 bits per heavy atom. The number of carbonyl (C=O) groups excluding carboxylic acids is 2. The van der Waals surface area contributed by atoms with Gasteiger partial charge in [-0.1, -0.05) is 66.4 Å². The molecule has 1 aliphatic heterocycles. The molecule has 1 fully saturated rings. The van der Waals surface area contributed by atoms with Gasteiger partial charge < -0.3 is 10.4 Å². The van der Waals surface area contributed by atoms with Crippen LogP contribution in [-0.2, 0) is 16.1 Å². The van der Waals surface area contributed by atoms with Crippen molar-refractivity contribution in [3.63, 3.8) is 0 Å². The molecule has 2 aromatic rings. The number of thiocarbonyl (C=S) groups is 1. The van der Waals surface area contributed by atoms with Crippen LogP contribution in [0.4, 0.5) is 0 Å². The molecule has 1 saturated heterocycles. The number of rotatable bonds is 5. The molecule has 0 aliphatic carbocycles. The third-order valence-corrected chi connectivity index (χ3v) is 5.40. The summed E-state index contributed by atoms with van der Waals surface area (Å²) in [5.74, 6) is -0.461. The summed E-state index contributed by atoms with van der Waals surface area (Å²) >= 11 is 6.46. The molecule has 27 heavy (non-hydrogen) atoms. The number of thioether (sulfide) groups is 1. The number of nitrogens with zero attached hydrogens (tertiary/aromatic N) is 1. The van der Waals surface area contributed by atoms with E-state index in [1.165, 1.54) is 4.90 Å². The first-order chi connectivity index (χ1) is 13.0. The summed E-state index contributed by atoms with van der Waals surface area (Å²) in [5, 5.41) is 12.4. The zero-order chi connectivity index (χ0) is 19.4. The second kappa shape index (κ2) is 8.37. The fourth-order valence-electron chi connectivity index (χ4n) is 2.63. The van der Waals surface area contributed by atoms with E-state index in [4.69, 9.17) is 12.2 Å². The van der Waals surface area contributed by atoms with Gasteiger partial charge in [0.25, 0.3) is 5.91 Å². The Kier molecular flexibility index (Phi) is 5.93. The predicted molar refractivity (Wildman–Crippen MR) is 111 cm³/mol. The Hall–Kier alpha value is -2.64. The zero-order valence-electron chi connectivity index (χ0n) is 14.6. The molecule has 138 valence electrons. The lowest BCUT2D eigenvalue weighted by Crippen LogP contribution is -2.46. The monoisotopic (exact) mass is 398 g/mol. The fraction of sp³-hybridized carbons (Fsp3) is 0.150. The second-order valence-corrected chi connectivity index (χ2v) is 7.70. The van der Waals surface area contributed by atoms with Crippen LogP contribution in [0.3, 0.4) is 0 Å². The number of benzene rings is 2. The highest BCUT2D eigenvalue weighted by Gasteiger charge is 2.38. The van der Waals surface area contributed by atoms with Gasteiger partial charge in [-0.3, -0.25) is 14.5 Å². The first-order valence-corrected chi connectivity index (χ1v) is 9.56. The number of hydrogen-bond acceptors (Lipinski definition) is 5. The Labute approximate surface area is 167 Å². The number of phenolic OH excluding ortho intramolecular Hbond substituents is 1. The summed E-state index contributed by atoms with van der Waals surface area (Å²) in [4.78, 5) is 27.0. The van der Waals surface area contributed by atoms with Gasteiger partial charge >= 0.3 is 0 Å². The van der Waals surface area contributed by atoms with E-state index >= 15 is 0 Å². The number of carbonyl (C=O) groups is 2. The second-order valence-electron chi connectivity index (χ2n) is 6.03. The van der Waals surface area contributed by atoms with Crippen molar-refractivity contribution < 1.29 is 14.7 Å². The van der Waals surface area contributed by atoms with E-state index in [1.54, 1.807) is 37.3 Å². The van der Waals surface area contributed by atoms with E-state index in [0.29, 0.717) is 21.3 Å². The van der Waals surface area contributed by atoms with Crippen molar-refractivity contribution >= 4 is 46.2 Å². The first kappa shape index (κ1) is 19.1. The number of aromatic hydroxyl groups is 1. The standard InChI is InChI=1S/C20H18N2O3S2/c1-13(18(24)21-12-14-6-3-2-4-7-14)22-19(25)17(27-20(22)26)11-15-8-5-9-16(23)10-15/h2-11,13,23H,12H2,1H3,(H,21,24)/b17-11-. The highest BCUT2D eigenvalue weighted by molar-refractivity contribution is 8.26. The summed E-state index contributed by atoms with van der Waals surface area (Å²) in [5.41, 5.74) is 1.67. The Bertz CT molecular complexity index is 912. The highest BCUT2D eigenvalue weighted by atomic mass is 32.2. The number of nitrogens with one attached hydrogen (secondary N) is 1. The van der Waals surface area contributed by atoms with Crippen molar-refractivity contribution in [3.8, 4) is 5.75 Å². The largest absolute Gasteiger partial charge is 0.508 e. The van der Waals surface area contributed by atoms with Crippen molar-refractivity contribution in [1.82, 2.24) is 10.2 Å². The average Bonchev–Trinajstić information content (AvgIpc) is 2.93. The topological polar surface area (TPSA) is 69.6 Å². The van der Waals surface area contributed by atoms with Crippen molar-refractivity contribution in [2.75, 3.05) is 0 Å². The molecule has 1 atom stereocenters. The quantitative estimate of drug-likeness (QED) is 0.597. The van der Waals surface area contributed by atoms with Crippen LogP contribution >= 0.6 is 24.0 Å². The lowest BCUT2D eigenvalue weighted by atomic mass is 10.2. The van der Waals surface area contributed by atoms with Crippen LogP contribution in [0.2, 0.25) is 0 Å². The van der Waals surface area contributed by atoms with Crippen molar-refractivity contribution in [1.29, 1.82) is 0 Å². The summed E-state index contributed by atoms with van der Waals surface area (Å²) in [6.07, 6.45) is 1.66. The van der Waals surface area contributed by atoms with Gasteiger partial charge in [0, 0.05) is 6.54 Å². The van der Waals surface area contributed by atoms with Crippen LogP contribution < -0.4 is 5.32 Å². The maximum atomic E-state index is 12.7. The van der Waals surface area contributed by atoms with Gasteiger partial charge in [0.2, 0.25) is 5.91 Å². The van der Waals surface area contributed by atoms with Crippen LogP contribution in [0.25, 0.3) is 6.08 Å². The molecule has 0 aromatic heterocycles. The summed E-state index contributed by atoms with van der Waals surface area (Å²) in [6.45, 7) is 2.04. The molecule has 0 bridgehead atoms. The van der Waals surface area contributed by atoms with Gasteiger partial charge in [-0.25, -0.2) is 0 Å². The van der Waals surface area contributed by atoms with Gasteiger partial charge in [0.05, 0.1) is 4.91 Å². The van der Waals surface area contributed by atoms with Gasteiger partial charge in [-0.15, -0.1) is 0 Å². The molecular weight excluding hydrogens is 380 g/mol. The van der Waals surface area contributed by atoms with E-state index < -0.39 is 6.04 Å². The lowest BCUT2D eigenvalue weighted by molar-refractivity contribution is -0.132. The molecule has 1 heterocycles. The predicted octanol–water partition coefficient (Wildman–Crippen LogP) is 3.30. The van der Waals surface area contributed by atoms with E-state index in [9.17, 15) is 14.7 Å². The Morgan fingerprint density at radius 3 is 2.70 bits per heavy atom. The maximum absolute atomic E-state index is 12.7. The van der Waals surface area contributed by atoms with Crippen molar-refractivity contribution in [3.05, 3.63) is 70.6 Å². The zero-order valence-corrected chi connectivity index (χ0v) is 16.2. The molecule has 2 amide bonds. The van der Waals surface area contributed by atoms with Gasteiger partial charge in [-0.05, 0) is 36.3 Å². The Balaban J connectivity index is 1.69. The third kappa shape index (κ3) is 4.56. The number of hydrogen-bond donors (Lipinski definition) is 2. The number of phenols is 1. The molecule has 1 unspecified atom stereocenters. The van der Waals surface area contributed by atoms with Crippen molar-refractivity contribution in [2.45, 2.75) is 19.5 Å². The van der Waals surface area contributed by atoms with Crippen LogP contribution in [0, 0.1) is 0 Å². The third-order valence-electron chi connectivity index (χ3n) is 4.07. The molecule has 2 N–H and O–H groups in total. The normalized spacial score (nSPS) is 16.6. The molecule has 7 heteroatoms. The average molecular weight is 399 g/mol. The minimum Gasteiger partial charge on any atom is -0.508 e. The maximum Gasteiger partial charge on any atom is 0.266 e. The van der Waals surface area contributed by atoms with Gasteiger partial charge in [0.15, 0.2) is 0 Å². The fourth-order valence-corrected chi connectivity index (χ4v) is 4.05. The highest BCUT2D eigenvalue weighted by Crippen LogP contribution is 2.34. The van der Waals surface area contributed by atoms with Crippen LogP contribution in [0.5, 0.6) is 5.75 Å². The van der Waals surface area contributed by atoms with Gasteiger partial charge in [0.1, 0.15) is 16.1 Å². The van der Waals surface area contributed by atoms with Crippen LogP contribution in [0.15, 0.2) is 59.5 Å². The molecule has 5 nitrogen and oxygen atoms in total. The van der Waals surface area contributed by atoms with Crippen LogP contribution in [-0.4, -0.2) is 32.2 Å². The Morgan fingerprint density at radius 1 is 1.26 bits per heavy atom. The SMILES string of the molecule is CC(C(=O)NCc1ccccc1)N1C(=O)/C(=C/c2cccc(O)c2)SC1=S. The molecule has 3 rings (SSSR count). The summed E-state index contributed by atoms with van der Waals surface area (Å²) < 4.78 is 0.341. The van der Waals surface area contributed by atoms with E-state index in [-0.39, 0.29) is 17.6 Å². The minimum atomic E-state index is -0.712.